The molecule has 0 spiro atoms. The van der Waals surface area contributed by atoms with Crippen molar-refractivity contribution in [3.8, 4) is 6.07 Å². The number of aryl methyl sites for hydroxylation is 1. The lowest BCUT2D eigenvalue weighted by molar-refractivity contribution is 0.0695. The number of pyridine rings is 1. The van der Waals surface area contributed by atoms with Crippen LogP contribution >= 0.6 is 0 Å². The summed E-state index contributed by atoms with van der Waals surface area (Å²) in [6, 6.07) is 10.5. The van der Waals surface area contributed by atoms with Gasteiger partial charge in [0.1, 0.15) is 11.9 Å². The number of carbonyl (C=O) groups excluding carboxylic acids is 1. The molecule has 0 radical (unpaired) electrons. The van der Waals surface area contributed by atoms with Crippen LogP contribution in [0.25, 0.3) is 0 Å². The van der Waals surface area contributed by atoms with Gasteiger partial charge in [0.15, 0.2) is 0 Å². The minimum Gasteiger partial charge on any atom is -0.478 e. The molecule has 3 rings (SSSR count). The molecular weight excluding hydrogens is 410 g/mol. The van der Waals surface area contributed by atoms with Crippen molar-refractivity contribution in [2.24, 2.45) is 0 Å². The van der Waals surface area contributed by atoms with Crippen molar-refractivity contribution in [2.75, 3.05) is 18.0 Å². The number of carboxylic acids is 1. The van der Waals surface area contributed by atoms with Crippen LogP contribution in [0.5, 0.6) is 0 Å². The Morgan fingerprint density at radius 1 is 1.30 bits per heavy atom. The third kappa shape index (κ3) is 4.84. The Hall–Kier alpha value is -3.65. The molecule has 1 aliphatic heterocycles. The van der Waals surface area contributed by atoms with Crippen LogP contribution in [-0.4, -0.2) is 49.6 Å². The van der Waals surface area contributed by atoms with Gasteiger partial charge in [-0.3, -0.25) is 0 Å². The fourth-order valence-electron chi connectivity index (χ4n) is 3.06. The number of nitriles is 1. The zero-order valence-electron chi connectivity index (χ0n) is 16.0. The van der Waals surface area contributed by atoms with Gasteiger partial charge in [-0.05, 0) is 18.6 Å². The molecule has 11 heteroatoms. The van der Waals surface area contributed by atoms with Gasteiger partial charge in [0.25, 0.3) is 0 Å². The van der Waals surface area contributed by atoms with E-state index in [4.69, 9.17) is 5.11 Å². The summed E-state index contributed by atoms with van der Waals surface area (Å²) in [5.41, 5.74) is 0.903. The zero-order valence-corrected chi connectivity index (χ0v) is 16.8. The number of rotatable bonds is 6. The highest BCUT2D eigenvalue weighted by Gasteiger charge is 2.32. The van der Waals surface area contributed by atoms with Gasteiger partial charge in [0.2, 0.25) is 10.0 Å². The van der Waals surface area contributed by atoms with Crippen molar-refractivity contribution >= 4 is 27.8 Å². The minimum atomic E-state index is -3.85. The molecule has 0 saturated carbocycles. The van der Waals surface area contributed by atoms with Crippen LogP contribution in [0, 0.1) is 18.3 Å². The Balaban J connectivity index is 1.57. The maximum Gasteiger partial charge on any atom is 0.337 e. The molecule has 2 amide bonds. The topological polar surface area (TPSA) is 152 Å². The quantitative estimate of drug-likeness (QED) is 0.614. The van der Waals surface area contributed by atoms with Crippen LogP contribution in [0.3, 0.4) is 0 Å². The maximum absolute atomic E-state index is 12.1. The van der Waals surface area contributed by atoms with Crippen LogP contribution in [0.1, 0.15) is 27.2 Å². The second-order valence-corrected chi connectivity index (χ2v) is 8.55. The van der Waals surface area contributed by atoms with Gasteiger partial charge in [0.05, 0.1) is 28.6 Å². The molecule has 0 bridgehead atoms. The average molecular weight is 429 g/mol. The number of amides is 2. The molecule has 2 aromatic rings. The summed E-state index contributed by atoms with van der Waals surface area (Å²) in [5.74, 6) is -1.15. The van der Waals surface area contributed by atoms with Crippen LogP contribution in [-0.2, 0) is 15.8 Å². The first-order chi connectivity index (χ1) is 14.2. The Morgan fingerprint density at radius 3 is 2.57 bits per heavy atom. The average Bonchev–Trinajstić information content (AvgIpc) is 2.63. The molecule has 30 heavy (non-hydrogen) atoms. The van der Waals surface area contributed by atoms with E-state index in [-0.39, 0.29) is 28.6 Å². The summed E-state index contributed by atoms with van der Waals surface area (Å²) in [6.07, 6.45) is 0. The predicted octanol–water partition coefficient (Wildman–Crippen LogP) is 0.978. The van der Waals surface area contributed by atoms with Crippen molar-refractivity contribution in [1.82, 2.24) is 15.0 Å². The number of carboxylic acid groups (broad SMARTS) is 1. The molecule has 0 unspecified atom stereocenters. The molecule has 1 aromatic heterocycles. The SMILES string of the molecule is Cc1nc(N2CC(NC(=O)NS(=O)(=O)Cc3ccccc3)C2)c(C#N)cc1C(=O)O. The number of nitrogens with one attached hydrogen (secondary N) is 2. The van der Waals surface area contributed by atoms with Crippen molar-refractivity contribution in [1.29, 1.82) is 5.26 Å². The third-order valence-corrected chi connectivity index (χ3v) is 5.72. The molecule has 3 N–H and O–H groups in total. The highest BCUT2D eigenvalue weighted by molar-refractivity contribution is 7.89. The fourth-order valence-corrected chi connectivity index (χ4v) is 4.11. The number of anilines is 1. The van der Waals surface area contributed by atoms with Gasteiger partial charge in [-0.15, -0.1) is 0 Å². The van der Waals surface area contributed by atoms with E-state index in [1.54, 1.807) is 35.2 Å². The first kappa shape index (κ1) is 21.1. The highest BCUT2D eigenvalue weighted by Crippen LogP contribution is 2.25. The van der Waals surface area contributed by atoms with Crippen LogP contribution < -0.4 is 14.9 Å². The summed E-state index contributed by atoms with van der Waals surface area (Å²) in [6.45, 7) is 2.15. The minimum absolute atomic E-state index is 0.0477. The first-order valence-electron chi connectivity index (χ1n) is 8.93. The molecule has 0 aliphatic carbocycles. The number of hydrogen-bond acceptors (Lipinski definition) is 7. The molecule has 10 nitrogen and oxygen atoms in total. The van der Waals surface area contributed by atoms with E-state index in [2.05, 4.69) is 10.3 Å². The first-order valence-corrected chi connectivity index (χ1v) is 10.6. The lowest BCUT2D eigenvalue weighted by Gasteiger charge is -2.40. The molecule has 156 valence electrons. The van der Waals surface area contributed by atoms with Gasteiger partial charge in [0, 0.05) is 13.1 Å². The number of aromatic nitrogens is 1. The van der Waals surface area contributed by atoms with E-state index in [0.29, 0.717) is 24.5 Å². The molecule has 1 saturated heterocycles. The summed E-state index contributed by atoms with van der Waals surface area (Å²) in [7, 11) is -3.85. The van der Waals surface area contributed by atoms with Crippen LogP contribution in [0.2, 0.25) is 0 Å². The summed E-state index contributed by atoms with van der Waals surface area (Å²) >= 11 is 0. The van der Waals surface area contributed by atoms with Crippen molar-refractivity contribution in [2.45, 2.75) is 18.7 Å². The van der Waals surface area contributed by atoms with E-state index >= 15 is 0 Å². The molecular formula is C19H19N5O5S. The standard InChI is InChI=1S/C19H19N5O5S/c1-12-16(18(25)26)7-14(8-20)17(21-12)24-9-15(10-24)22-19(27)23-30(28,29)11-13-5-3-2-4-6-13/h2-7,15H,9-11H2,1H3,(H,25,26)(H2,22,23,27). The van der Waals surface area contributed by atoms with E-state index < -0.39 is 22.0 Å². The zero-order chi connectivity index (χ0) is 21.9. The lowest BCUT2D eigenvalue weighted by Crippen LogP contribution is -2.61. The lowest BCUT2D eigenvalue weighted by atomic mass is 10.1. The summed E-state index contributed by atoms with van der Waals surface area (Å²) in [4.78, 5) is 29.1. The second-order valence-electron chi connectivity index (χ2n) is 6.83. The van der Waals surface area contributed by atoms with Crippen LogP contribution in [0.15, 0.2) is 36.4 Å². The Morgan fingerprint density at radius 2 is 1.97 bits per heavy atom. The number of carbonyl (C=O) groups is 2. The molecule has 1 fully saturated rings. The number of sulfonamides is 1. The number of aromatic carboxylic acids is 1. The molecule has 1 aliphatic rings. The monoisotopic (exact) mass is 429 g/mol. The van der Waals surface area contributed by atoms with Crippen molar-refractivity contribution < 1.29 is 23.1 Å². The van der Waals surface area contributed by atoms with E-state index in [1.807, 2.05) is 10.8 Å². The number of benzene rings is 1. The number of urea groups is 1. The van der Waals surface area contributed by atoms with Crippen molar-refractivity contribution in [3.63, 3.8) is 0 Å². The van der Waals surface area contributed by atoms with E-state index in [1.165, 1.54) is 13.0 Å². The Kier molecular flexibility index (Phi) is 5.89. The van der Waals surface area contributed by atoms with Crippen LogP contribution in [0.4, 0.5) is 10.6 Å². The third-order valence-electron chi connectivity index (χ3n) is 4.51. The summed E-state index contributed by atoms with van der Waals surface area (Å²) < 4.78 is 26.2. The summed E-state index contributed by atoms with van der Waals surface area (Å²) in [5, 5.41) is 21.0. The Bertz CT molecular complexity index is 1120. The normalized spacial score (nSPS) is 13.8. The van der Waals surface area contributed by atoms with Gasteiger partial charge in [-0.1, -0.05) is 30.3 Å². The van der Waals surface area contributed by atoms with Crippen molar-refractivity contribution in [3.05, 3.63) is 58.8 Å². The predicted molar refractivity (Wildman–Crippen MR) is 107 cm³/mol. The van der Waals surface area contributed by atoms with Gasteiger partial charge >= 0.3 is 12.0 Å². The van der Waals surface area contributed by atoms with Gasteiger partial charge in [-0.25, -0.2) is 27.7 Å². The second kappa shape index (κ2) is 8.38. The fraction of sp³-hybridized carbons (Fsp3) is 0.263. The maximum atomic E-state index is 12.1. The Labute approximate surface area is 173 Å². The van der Waals surface area contributed by atoms with Gasteiger partial charge < -0.3 is 15.3 Å². The smallest absolute Gasteiger partial charge is 0.337 e. The van der Waals surface area contributed by atoms with E-state index in [0.717, 1.165) is 0 Å². The van der Waals surface area contributed by atoms with E-state index in [9.17, 15) is 23.3 Å². The highest BCUT2D eigenvalue weighted by atomic mass is 32.2. The number of nitrogens with zero attached hydrogens (tertiary/aromatic N) is 3. The molecule has 1 aromatic carbocycles. The molecule has 2 heterocycles. The molecule has 0 atom stereocenters. The largest absolute Gasteiger partial charge is 0.478 e. The van der Waals surface area contributed by atoms with Gasteiger partial charge in [-0.2, -0.15) is 5.26 Å². The number of hydrogen-bond donors (Lipinski definition) is 3.